The molecule has 1 unspecified atom stereocenters. The van der Waals surface area contributed by atoms with E-state index in [1.807, 2.05) is 13.8 Å². The van der Waals surface area contributed by atoms with Crippen LogP contribution in [0.3, 0.4) is 0 Å². The Morgan fingerprint density at radius 3 is 2.87 bits per heavy atom. The molecule has 5 heteroatoms. The van der Waals surface area contributed by atoms with Crippen LogP contribution in [0.15, 0.2) is 11.0 Å². The van der Waals surface area contributed by atoms with Crippen molar-refractivity contribution in [2.45, 2.75) is 39.2 Å². The minimum absolute atomic E-state index is 0.0391. The van der Waals surface area contributed by atoms with Crippen molar-refractivity contribution >= 4 is 5.97 Å². The minimum atomic E-state index is -0.250. The number of aromatic amines is 2. The molecule has 0 bridgehead atoms. The van der Waals surface area contributed by atoms with Crippen LogP contribution in [0.4, 0.5) is 0 Å². The predicted octanol–water partition coefficient (Wildman–Crippen LogP) is 0.977. The number of hydrogen-bond donors (Lipinski definition) is 2. The van der Waals surface area contributed by atoms with Crippen LogP contribution < -0.4 is 5.69 Å². The molecular formula is C10H16N2O3. The molecule has 0 fully saturated rings. The van der Waals surface area contributed by atoms with Gasteiger partial charge in [0.15, 0.2) is 0 Å². The summed E-state index contributed by atoms with van der Waals surface area (Å²) in [6, 6.07) is 0. The Morgan fingerprint density at radius 2 is 2.33 bits per heavy atom. The Morgan fingerprint density at radius 1 is 1.60 bits per heavy atom. The van der Waals surface area contributed by atoms with E-state index in [0.29, 0.717) is 6.42 Å². The molecule has 0 aliphatic rings. The predicted molar refractivity (Wildman–Crippen MR) is 55.6 cm³/mol. The number of esters is 1. The lowest BCUT2D eigenvalue weighted by atomic mass is 10.2. The SMILES string of the molecule is CCC(C)OC(=O)CCc1c[nH]c(=O)[nH]1. The average Bonchev–Trinajstić information content (AvgIpc) is 2.61. The maximum absolute atomic E-state index is 11.3. The summed E-state index contributed by atoms with van der Waals surface area (Å²) in [4.78, 5) is 27.1. The Hall–Kier alpha value is -1.52. The molecule has 0 amide bonds. The Balaban J connectivity index is 2.31. The fraction of sp³-hybridized carbons (Fsp3) is 0.600. The van der Waals surface area contributed by atoms with Gasteiger partial charge in [0.2, 0.25) is 0 Å². The van der Waals surface area contributed by atoms with Crippen molar-refractivity contribution < 1.29 is 9.53 Å². The summed E-state index contributed by atoms with van der Waals surface area (Å²) in [6.07, 6.45) is 3.13. The van der Waals surface area contributed by atoms with E-state index in [1.165, 1.54) is 0 Å². The van der Waals surface area contributed by atoms with Crippen molar-refractivity contribution in [2.75, 3.05) is 0 Å². The van der Waals surface area contributed by atoms with E-state index in [4.69, 9.17) is 4.74 Å². The molecule has 84 valence electrons. The quantitative estimate of drug-likeness (QED) is 0.714. The third-order valence-corrected chi connectivity index (χ3v) is 2.16. The zero-order valence-corrected chi connectivity index (χ0v) is 9.00. The molecule has 0 radical (unpaired) electrons. The second kappa shape index (κ2) is 5.38. The van der Waals surface area contributed by atoms with Crippen LogP contribution in [0.25, 0.3) is 0 Å². The van der Waals surface area contributed by atoms with E-state index in [9.17, 15) is 9.59 Å². The number of ether oxygens (including phenoxy) is 1. The average molecular weight is 212 g/mol. The molecule has 5 nitrogen and oxygen atoms in total. The van der Waals surface area contributed by atoms with Gasteiger partial charge in [0.1, 0.15) is 0 Å². The van der Waals surface area contributed by atoms with Gasteiger partial charge in [-0.15, -0.1) is 0 Å². The molecule has 1 rings (SSSR count). The third-order valence-electron chi connectivity index (χ3n) is 2.16. The summed E-state index contributed by atoms with van der Waals surface area (Å²) in [6.45, 7) is 3.82. The molecule has 0 saturated carbocycles. The zero-order valence-electron chi connectivity index (χ0n) is 9.00. The van der Waals surface area contributed by atoms with Crippen LogP contribution in [-0.4, -0.2) is 22.0 Å². The van der Waals surface area contributed by atoms with Crippen LogP contribution in [-0.2, 0) is 16.0 Å². The molecule has 0 aliphatic carbocycles. The molecule has 0 aromatic carbocycles. The van der Waals surface area contributed by atoms with Gasteiger partial charge in [0, 0.05) is 11.9 Å². The summed E-state index contributed by atoms with van der Waals surface area (Å²) in [5.41, 5.74) is 0.474. The molecule has 2 N–H and O–H groups in total. The fourth-order valence-corrected chi connectivity index (χ4v) is 1.11. The molecule has 0 saturated heterocycles. The maximum atomic E-state index is 11.3. The van der Waals surface area contributed by atoms with E-state index in [-0.39, 0.29) is 24.2 Å². The second-order valence-electron chi connectivity index (χ2n) is 3.48. The highest BCUT2D eigenvalue weighted by Gasteiger charge is 2.08. The van der Waals surface area contributed by atoms with Gasteiger partial charge in [-0.2, -0.15) is 0 Å². The molecule has 0 spiro atoms. The zero-order chi connectivity index (χ0) is 11.3. The van der Waals surface area contributed by atoms with Crippen molar-refractivity contribution in [1.29, 1.82) is 0 Å². The van der Waals surface area contributed by atoms with E-state index < -0.39 is 0 Å². The van der Waals surface area contributed by atoms with E-state index in [2.05, 4.69) is 9.97 Å². The monoisotopic (exact) mass is 212 g/mol. The lowest BCUT2D eigenvalue weighted by molar-refractivity contribution is -0.148. The number of rotatable bonds is 5. The smallest absolute Gasteiger partial charge is 0.323 e. The van der Waals surface area contributed by atoms with Crippen LogP contribution in [0, 0.1) is 0 Å². The first-order chi connectivity index (χ1) is 7.11. The van der Waals surface area contributed by atoms with Crippen molar-refractivity contribution in [1.82, 2.24) is 9.97 Å². The second-order valence-corrected chi connectivity index (χ2v) is 3.48. The third kappa shape index (κ3) is 4.01. The van der Waals surface area contributed by atoms with Crippen LogP contribution in [0.5, 0.6) is 0 Å². The first-order valence-electron chi connectivity index (χ1n) is 5.08. The number of carbonyl (C=O) groups is 1. The first-order valence-corrected chi connectivity index (χ1v) is 5.08. The molecule has 15 heavy (non-hydrogen) atoms. The topological polar surface area (TPSA) is 75.0 Å². The highest BCUT2D eigenvalue weighted by Crippen LogP contribution is 2.01. The lowest BCUT2D eigenvalue weighted by Crippen LogP contribution is -2.14. The van der Waals surface area contributed by atoms with Gasteiger partial charge < -0.3 is 14.7 Å². The number of carbonyl (C=O) groups excluding carboxylic acids is 1. The molecule has 1 aromatic heterocycles. The molecule has 1 aromatic rings. The van der Waals surface area contributed by atoms with Gasteiger partial charge in [-0.3, -0.25) is 4.79 Å². The molecular weight excluding hydrogens is 196 g/mol. The number of hydrogen-bond acceptors (Lipinski definition) is 3. The standard InChI is InChI=1S/C10H16N2O3/c1-3-7(2)15-9(13)5-4-8-6-11-10(14)12-8/h6-7H,3-5H2,1-2H3,(H2,11,12,14). The number of nitrogens with one attached hydrogen (secondary N) is 2. The molecule has 1 atom stereocenters. The van der Waals surface area contributed by atoms with Crippen molar-refractivity contribution in [3.8, 4) is 0 Å². The fourth-order valence-electron chi connectivity index (χ4n) is 1.11. The Labute approximate surface area is 87.9 Å². The summed E-state index contributed by atoms with van der Waals surface area (Å²) in [7, 11) is 0. The van der Waals surface area contributed by atoms with Crippen LogP contribution >= 0.6 is 0 Å². The number of aromatic nitrogens is 2. The van der Waals surface area contributed by atoms with Gasteiger partial charge in [-0.1, -0.05) is 6.92 Å². The largest absolute Gasteiger partial charge is 0.463 e. The van der Waals surface area contributed by atoms with Crippen LogP contribution in [0.1, 0.15) is 32.4 Å². The van der Waals surface area contributed by atoms with Gasteiger partial charge in [0.05, 0.1) is 12.5 Å². The Bertz CT molecular complexity index is 367. The minimum Gasteiger partial charge on any atom is -0.463 e. The summed E-state index contributed by atoms with van der Waals surface area (Å²) >= 11 is 0. The molecule has 1 heterocycles. The number of aryl methyl sites for hydroxylation is 1. The summed E-state index contributed by atoms with van der Waals surface area (Å²) < 4.78 is 5.09. The van der Waals surface area contributed by atoms with Crippen LogP contribution in [0.2, 0.25) is 0 Å². The molecule has 0 aliphatic heterocycles. The van der Waals surface area contributed by atoms with Crippen molar-refractivity contribution in [2.24, 2.45) is 0 Å². The summed E-state index contributed by atoms with van der Waals surface area (Å²) in [5.74, 6) is -0.230. The van der Waals surface area contributed by atoms with E-state index >= 15 is 0 Å². The van der Waals surface area contributed by atoms with Gasteiger partial charge in [-0.05, 0) is 19.8 Å². The lowest BCUT2D eigenvalue weighted by Gasteiger charge is -2.09. The van der Waals surface area contributed by atoms with E-state index in [0.717, 1.165) is 12.1 Å². The first kappa shape index (κ1) is 11.6. The normalized spacial score (nSPS) is 12.4. The highest BCUT2D eigenvalue weighted by molar-refractivity contribution is 5.69. The number of H-pyrrole nitrogens is 2. The van der Waals surface area contributed by atoms with E-state index in [1.54, 1.807) is 6.20 Å². The van der Waals surface area contributed by atoms with Crippen molar-refractivity contribution in [3.05, 3.63) is 22.4 Å². The van der Waals surface area contributed by atoms with Gasteiger partial charge in [0.25, 0.3) is 0 Å². The van der Waals surface area contributed by atoms with Crippen molar-refractivity contribution in [3.63, 3.8) is 0 Å². The highest BCUT2D eigenvalue weighted by atomic mass is 16.5. The van der Waals surface area contributed by atoms with Gasteiger partial charge >= 0.3 is 11.7 Å². The Kier molecular flexibility index (Phi) is 4.15. The number of imidazole rings is 1. The summed E-state index contributed by atoms with van der Waals surface area (Å²) in [5, 5.41) is 0. The maximum Gasteiger partial charge on any atom is 0.323 e. The van der Waals surface area contributed by atoms with Gasteiger partial charge in [-0.25, -0.2) is 4.79 Å².